The Bertz CT molecular complexity index is 434. The molecule has 7 nitrogen and oxygen atoms in total. The van der Waals surface area contributed by atoms with Gasteiger partial charge in [0.1, 0.15) is 18.1 Å². The predicted octanol–water partition coefficient (Wildman–Crippen LogP) is -0.773. The summed E-state index contributed by atoms with van der Waals surface area (Å²) >= 11 is 5.75. The van der Waals surface area contributed by atoms with Gasteiger partial charge in [-0.15, -0.1) is 0 Å². The summed E-state index contributed by atoms with van der Waals surface area (Å²) in [7, 11) is 0. The minimum atomic E-state index is -0.990. The van der Waals surface area contributed by atoms with E-state index >= 15 is 0 Å². The van der Waals surface area contributed by atoms with Crippen molar-refractivity contribution in [2.45, 2.75) is 24.7 Å². The van der Waals surface area contributed by atoms with Gasteiger partial charge < -0.3 is 26.4 Å². The van der Waals surface area contributed by atoms with E-state index in [-0.39, 0.29) is 23.4 Å². The highest BCUT2D eigenvalue weighted by Gasteiger charge is 2.41. The second-order valence-electron chi connectivity index (χ2n) is 4.34. The lowest BCUT2D eigenvalue weighted by Gasteiger charge is -2.19. The number of hydrogen-bond acceptors (Lipinski definition) is 7. The van der Waals surface area contributed by atoms with Gasteiger partial charge in [0.05, 0.1) is 12.1 Å². The monoisotopic (exact) mass is 274 g/mol. The van der Waals surface area contributed by atoms with Gasteiger partial charge in [0.25, 0.3) is 0 Å². The number of nitrogens with zero attached hydrogens (tertiary/aromatic N) is 2. The molecule has 0 unspecified atom stereocenters. The number of nitrogens with one attached hydrogen (secondary N) is 1. The van der Waals surface area contributed by atoms with Gasteiger partial charge in [0, 0.05) is 12.5 Å². The number of aromatic nitrogens is 2. The zero-order valence-electron chi connectivity index (χ0n) is 9.49. The van der Waals surface area contributed by atoms with E-state index in [2.05, 4.69) is 15.3 Å². The maximum Gasteiger partial charge on any atom is 0.157 e. The molecule has 0 aliphatic heterocycles. The molecule has 2 rings (SSSR count). The first-order chi connectivity index (χ1) is 8.54. The standard InChI is InChI=1S/C10H15ClN4O3/c11-9-6(12)10(14-3-13-9)15-5-1-4(2-16)7(17)8(5)18/h3-5,7-8,16-18H,1-2,12H2,(H,13,14,15)/t4-,5-,7-,8+/m1/s1. The number of anilines is 2. The fourth-order valence-electron chi connectivity index (χ4n) is 2.11. The summed E-state index contributed by atoms with van der Waals surface area (Å²) in [5.41, 5.74) is 5.88. The van der Waals surface area contributed by atoms with Crippen LogP contribution in [0.3, 0.4) is 0 Å². The van der Waals surface area contributed by atoms with Gasteiger partial charge in [0.15, 0.2) is 11.0 Å². The fourth-order valence-corrected chi connectivity index (χ4v) is 2.25. The van der Waals surface area contributed by atoms with Crippen LogP contribution in [0.2, 0.25) is 5.15 Å². The maximum atomic E-state index is 9.84. The van der Waals surface area contributed by atoms with Crippen LogP contribution in [-0.2, 0) is 0 Å². The summed E-state index contributed by atoms with van der Waals surface area (Å²) in [5, 5.41) is 31.6. The van der Waals surface area contributed by atoms with Crippen LogP contribution in [0.15, 0.2) is 6.33 Å². The Labute approximate surface area is 109 Å². The van der Waals surface area contributed by atoms with Crippen molar-refractivity contribution in [1.29, 1.82) is 0 Å². The molecule has 0 aromatic carbocycles. The van der Waals surface area contributed by atoms with E-state index in [1.54, 1.807) is 0 Å². The van der Waals surface area contributed by atoms with Crippen LogP contribution in [-0.4, -0.2) is 50.1 Å². The van der Waals surface area contributed by atoms with Crippen LogP contribution in [0, 0.1) is 5.92 Å². The molecule has 4 atom stereocenters. The molecule has 0 saturated heterocycles. The molecule has 1 saturated carbocycles. The first kappa shape index (κ1) is 13.3. The number of nitrogens with two attached hydrogens (primary N) is 1. The smallest absolute Gasteiger partial charge is 0.157 e. The quantitative estimate of drug-likeness (QED) is 0.458. The summed E-state index contributed by atoms with van der Waals surface area (Å²) < 4.78 is 0. The highest BCUT2D eigenvalue weighted by molar-refractivity contribution is 6.32. The maximum absolute atomic E-state index is 9.84. The Hall–Kier alpha value is -1.15. The molecule has 8 heteroatoms. The van der Waals surface area contributed by atoms with Crippen molar-refractivity contribution in [1.82, 2.24) is 9.97 Å². The molecule has 0 amide bonds. The molecule has 1 heterocycles. The summed E-state index contributed by atoms with van der Waals surface area (Å²) in [6.45, 7) is -0.184. The van der Waals surface area contributed by atoms with Gasteiger partial charge in [0.2, 0.25) is 0 Å². The van der Waals surface area contributed by atoms with Crippen LogP contribution < -0.4 is 11.1 Å². The minimum absolute atomic E-state index is 0.124. The van der Waals surface area contributed by atoms with Gasteiger partial charge >= 0.3 is 0 Å². The zero-order chi connectivity index (χ0) is 13.3. The molecule has 0 bridgehead atoms. The lowest BCUT2D eigenvalue weighted by molar-refractivity contribution is 0.00446. The molecule has 1 aliphatic rings. The number of hydrogen-bond donors (Lipinski definition) is 5. The van der Waals surface area contributed by atoms with Gasteiger partial charge in [-0.1, -0.05) is 11.6 Å². The van der Waals surface area contributed by atoms with Crippen molar-refractivity contribution in [2.24, 2.45) is 5.92 Å². The molecule has 100 valence electrons. The number of rotatable bonds is 3. The average molecular weight is 275 g/mol. The van der Waals surface area contributed by atoms with E-state index in [0.29, 0.717) is 12.2 Å². The van der Waals surface area contributed by atoms with Crippen molar-refractivity contribution in [2.75, 3.05) is 17.7 Å². The summed E-state index contributed by atoms with van der Waals surface area (Å²) in [5.74, 6) is -0.0547. The predicted molar refractivity (Wildman–Crippen MR) is 66.1 cm³/mol. The average Bonchev–Trinajstić information content (AvgIpc) is 2.63. The number of aliphatic hydroxyl groups is 3. The largest absolute Gasteiger partial charge is 0.396 e. The van der Waals surface area contributed by atoms with Crippen molar-refractivity contribution < 1.29 is 15.3 Å². The highest BCUT2D eigenvalue weighted by atomic mass is 35.5. The lowest BCUT2D eigenvalue weighted by Crippen LogP contribution is -2.35. The fraction of sp³-hybridized carbons (Fsp3) is 0.600. The second kappa shape index (κ2) is 5.23. The van der Waals surface area contributed by atoms with E-state index in [9.17, 15) is 10.2 Å². The SMILES string of the molecule is Nc1c(Cl)ncnc1N[C@@H]1C[C@H](CO)[C@@H](O)[C@H]1O. The number of aliphatic hydroxyl groups excluding tert-OH is 3. The molecule has 0 radical (unpaired) electrons. The van der Waals surface area contributed by atoms with Gasteiger partial charge in [-0.25, -0.2) is 9.97 Å². The Morgan fingerprint density at radius 1 is 1.39 bits per heavy atom. The Balaban J connectivity index is 2.13. The molecule has 0 spiro atoms. The Morgan fingerprint density at radius 2 is 2.11 bits per heavy atom. The molecule has 18 heavy (non-hydrogen) atoms. The third kappa shape index (κ3) is 2.35. The first-order valence-electron chi connectivity index (χ1n) is 5.54. The molecular weight excluding hydrogens is 260 g/mol. The van der Waals surface area contributed by atoms with E-state index in [1.807, 2.05) is 0 Å². The first-order valence-corrected chi connectivity index (χ1v) is 5.92. The van der Waals surface area contributed by atoms with Crippen LogP contribution in [0.1, 0.15) is 6.42 Å². The van der Waals surface area contributed by atoms with E-state index in [0.717, 1.165) is 0 Å². The minimum Gasteiger partial charge on any atom is -0.396 e. The van der Waals surface area contributed by atoms with Crippen molar-refractivity contribution >= 4 is 23.1 Å². The molecule has 1 aromatic heterocycles. The molecular formula is C10H15ClN4O3. The topological polar surface area (TPSA) is 125 Å². The zero-order valence-corrected chi connectivity index (χ0v) is 10.2. The van der Waals surface area contributed by atoms with Crippen molar-refractivity contribution in [3.8, 4) is 0 Å². The van der Waals surface area contributed by atoms with Crippen molar-refractivity contribution in [3.05, 3.63) is 11.5 Å². The molecule has 1 aliphatic carbocycles. The van der Waals surface area contributed by atoms with E-state index in [4.69, 9.17) is 22.4 Å². The van der Waals surface area contributed by atoms with Crippen LogP contribution in [0.25, 0.3) is 0 Å². The van der Waals surface area contributed by atoms with Crippen LogP contribution >= 0.6 is 11.6 Å². The van der Waals surface area contributed by atoms with E-state index < -0.39 is 18.2 Å². The lowest BCUT2D eigenvalue weighted by atomic mass is 10.1. The normalized spacial score (nSPS) is 31.6. The van der Waals surface area contributed by atoms with Gasteiger partial charge in [-0.2, -0.15) is 0 Å². The third-order valence-corrected chi connectivity index (χ3v) is 3.49. The van der Waals surface area contributed by atoms with Gasteiger partial charge in [-0.05, 0) is 6.42 Å². The van der Waals surface area contributed by atoms with Gasteiger partial charge in [-0.3, -0.25) is 0 Å². The Morgan fingerprint density at radius 3 is 2.72 bits per heavy atom. The number of halogens is 1. The van der Waals surface area contributed by atoms with Crippen molar-refractivity contribution in [3.63, 3.8) is 0 Å². The summed E-state index contributed by atoms with van der Waals surface area (Å²) in [6.07, 6.45) is -0.288. The van der Waals surface area contributed by atoms with E-state index in [1.165, 1.54) is 6.33 Å². The summed E-state index contributed by atoms with van der Waals surface area (Å²) in [4.78, 5) is 7.64. The summed E-state index contributed by atoms with van der Waals surface area (Å²) in [6, 6.07) is -0.439. The number of nitrogen functional groups attached to an aromatic ring is 1. The van der Waals surface area contributed by atoms with Crippen LogP contribution in [0.5, 0.6) is 0 Å². The molecule has 1 aromatic rings. The van der Waals surface area contributed by atoms with Crippen LogP contribution in [0.4, 0.5) is 11.5 Å². The molecule has 1 fully saturated rings. The molecule has 6 N–H and O–H groups in total. The third-order valence-electron chi connectivity index (χ3n) is 3.19. The Kier molecular flexibility index (Phi) is 3.86. The second-order valence-corrected chi connectivity index (χ2v) is 4.70. The highest BCUT2D eigenvalue weighted by Crippen LogP contribution is 2.30.